The summed E-state index contributed by atoms with van der Waals surface area (Å²) < 4.78 is 42.7. The fourth-order valence-corrected chi connectivity index (χ4v) is 7.53. The highest BCUT2D eigenvalue weighted by atomic mass is 35.5. The zero-order chi connectivity index (χ0) is 41.3. The van der Waals surface area contributed by atoms with Crippen molar-refractivity contribution in [1.82, 2.24) is 15.2 Å². The minimum atomic E-state index is -3.51. The third-order valence-corrected chi connectivity index (χ3v) is 11.6. The molecule has 0 spiro atoms. The number of carboxylic acid groups (broad SMARTS) is 2. The molecule has 16 heteroatoms. The molecule has 0 aliphatic carbocycles. The summed E-state index contributed by atoms with van der Waals surface area (Å²) in [4.78, 5) is 29.3. The number of likely N-dealkylation sites (tertiary alicyclic amines) is 1. The number of carbonyl (C=O) groups is 2. The van der Waals surface area contributed by atoms with Gasteiger partial charge in [-0.2, -0.15) is 0 Å². The lowest BCUT2D eigenvalue weighted by Crippen LogP contribution is -2.39. The van der Waals surface area contributed by atoms with Crippen LogP contribution in [0.25, 0.3) is 11.1 Å². The van der Waals surface area contributed by atoms with E-state index >= 15 is 0 Å². The van der Waals surface area contributed by atoms with Gasteiger partial charge in [-0.3, -0.25) is 19.9 Å². The van der Waals surface area contributed by atoms with Gasteiger partial charge in [-0.25, -0.2) is 8.42 Å². The van der Waals surface area contributed by atoms with E-state index in [1.807, 2.05) is 50.2 Å². The molecule has 2 heterocycles. The molecule has 1 aliphatic rings. The molecule has 4 aromatic rings. The van der Waals surface area contributed by atoms with Crippen molar-refractivity contribution in [2.75, 3.05) is 45.7 Å². The highest BCUT2D eigenvalue weighted by Gasteiger charge is 2.44. The van der Waals surface area contributed by atoms with Gasteiger partial charge in [-0.15, -0.1) is 0 Å². The van der Waals surface area contributed by atoms with Crippen molar-refractivity contribution >= 4 is 33.4 Å². The Hall–Kier alpha value is -4.77. The number of nitrogens with zero attached hydrogens (tertiary/aromatic N) is 2. The minimum absolute atomic E-state index is 0.0196. The smallest absolute Gasteiger partial charge is 0.323 e. The molecule has 0 bridgehead atoms. The summed E-state index contributed by atoms with van der Waals surface area (Å²) in [6.45, 7) is 5.10. The second-order valence-corrected chi connectivity index (χ2v) is 16.6. The number of hydrogen-bond acceptors (Lipinski definition) is 12. The summed E-state index contributed by atoms with van der Waals surface area (Å²) in [7, 11) is -3.51. The molecule has 14 nitrogen and oxygen atoms in total. The highest BCUT2D eigenvalue weighted by Crippen LogP contribution is 2.37. The molecule has 57 heavy (non-hydrogen) atoms. The third-order valence-electron chi connectivity index (χ3n) is 10.2. The third kappa shape index (κ3) is 10.8. The zero-order valence-corrected chi connectivity index (χ0v) is 33.6. The van der Waals surface area contributed by atoms with Crippen LogP contribution in [0, 0.1) is 19.3 Å². The Balaban J connectivity index is 1.29. The van der Waals surface area contributed by atoms with Gasteiger partial charge in [0.15, 0.2) is 9.84 Å². The molecule has 2 unspecified atom stereocenters. The van der Waals surface area contributed by atoms with Crippen LogP contribution in [-0.4, -0.2) is 102 Å². The SMILES string of the molecule is Cc1c(COc2cc(OCc3cncc(S(C)(=O)=O)c3)c(CNC(CO)C(=O)O)cc2Cl)cccc1-c1cccc(OCCCN2CCC(CO)(C(=O)O)C2)c1C. The number of hydrogen-bond donors (Lipinski definition) is 5. The fraction of sp³-hybridized carbons (Fsp3) is 0.390. The van der Waals surface area contributed by atoms with Crippen molar-refractivity contribution in [2.24, 2.45) is 5.41 Å². The zero-order valence-electron chi connectivity index (χ0n) is 32.0. The lowest BCUT2D eigenvalue weighted by Gasteiger charge is -2.22. The average molecular weight is 826 g/mol. The number of aliphatic carboxylic acids is 2. The average Bonchev–Trinajstić information content (AvgIpc) is 3.61. The maximum atomic E-state index is 12.1. The lowest BCUT2D eigenvalue weighted by atomic mass is 9.88. The highest BCUT2D eigenvalue weighted by molar-refractivity contribution is 7.90. The monoisotopic (exact) mass is 825 g/mol. The van der Waals surface area contributed by atoms with Gasteiger partial charge in [0.1, 0.15) is 41.9 Å². The maximum Gasteiger partial charge on any atom is 0.323 e. The Labute approximate surface area is 336 Å². The Kier molecular flexibility index (Phi) is 14.5. The Morgan fingerprint density at radius 2 is 1.65 bits per heavy atom. The Morgan fingerprint density at radius 1 is 0.930 bits per heavy atom. The fourth-order valence-electron chi connectivity index (χ4n) is 6.67. The number of carboxylic acids is 2. The van der Waals surface area contributed by atoms with Gasteiger partial charge in [0.2, 0.25) is 0 Å². The number of aliphatic hydroxyl groups excluding tert-OH is 2. The predicted octanol–water partition coefficient (Wildman–Crippen LogP) is 4.65. The summed E-state index contributed by atoms with van der Waals surface area (Å²) in [5.41, 5.74) is 4.68. The molecule has 1 aliphatic heterocycles. The molecule has 306 valence electrons. The number of rotatable bonds is 20. The van der Waals surface area contributed by atoms with Crippen molar-refractivity contribution < 1.29 is 52.6 Å². The number of nitrogens with one attached hydrogen (secondary N) is 1. The Bertz CT molecular complexity index is 2190. The number of pyridine rings is 1. The van der Waals surface area contributed by atoms with Crippen LogP contribution in [0.4, 0.5) is 0 Å². The molecule has 0 saturated carbocycles. The van der Waals surface area contributed by atoms with Gasteiger partial charge in [-0.1, -0.05) is 41.9 Å². The molecular weight excluding hydrogens is 778 g/mol. The predicted molar refractivity (Wildman–Crippen MR) is 212 cm³/mol. The first-order valence-electron chi connectivity index (χ1n) is 18.3. The van der Waals surface area contributed by atoms with Crippen molar-refractivity contribution in [3.05, 3.63) is 99.8 Å². The molecule has 0 radical (unpaired) electrons. The van der Waals surface area contributed by atoms with E-state index in [0.29, 0.717) is 61.7 Å². The van der Waals surface area contributed by atoms with E-state index < -0.39 is 39.8 Å². The molecule has 3 aromatic carbocycles. The van der Waals surface area contributed by atoms with E-state index in [9.17, 15) is 38.4 Å². The lowest BCUT2D eigenvalue weighted by molar-refractivity contribution is -0.150. The van der Waals surface area contributed by atoms with Crippen molar-refractivity contribution in [3.8, 4) is 28.4 Å². The van der Waals surface area contributed by atoms with Gasteiger partial charge < -0.3 is 39.5 Å². The molecule has 1 saturated heterocycles. The number of aliphatic hydroxyl groups is 2. The van der Waals surface area contributed by atoms with Crippen LogP contribution in [0.3, 0.4) is 0 Å². The summed E-state index contributed by atoms with van der Waals surface area (Å²) in [5, 5.41) is 41.2. The molecule has 5 N–H and O–H groups in total. The summed E-state index contributed by atoms with van der Waals surface area (Å²) >= 11 is 6.69. The summed E-state index contributed by atoms with van der Waals surface area (Å²) in [5.74, 6) is -0.859. The molecular formula is C41H48ClN3O11S. The van der Waals surface area contributed by atoms with Crippen LogP contribution in [0.5, 0.6) is 17.2 Å². The molecule has 5 rings (SSSR count). The standard InChI is InChI=1S/C41H48ClN3O11S/c1-26-29(7-4-8-32(26)33-9-5-10-36(27(33)2)54-14-6-12-45-13-11-41(24-45,25-47)40(50)51)23-56-38-17-37(30(16-34(38)42)19-44-35(21-46)39(48)49)55-22-28-15-31(20-43-18-28)57(3,52)53/h4-5,7-10,15-18,20,35,44,46-47H,6,11-14,19,21-25H2,1-3H3,(H,48,49)(H,50,51). The van der Waals surface area contributed by atoms with E-state index in [1.54, 1.807) is 12.1 Å². The van der Waals surface area contributed by atoms with E-state index in [2.05, 4.69) is 15.2 Å². The first-order valence-corrected chi connectivity index (χ1v) is 20.6. The molecule has 2 atom stereocenters. The van der Waals surface area contributed by atoms with Crippen molar-refractivity contribution in [1.29, 1.82) is 0 Å². The normalized spacial score (nSPS) is 16.3. The first-order chi connectivity index (χ1) is 27.2. The van der Waals surface area contributed by atoms with Gasteiger partial charge in [0.25, 0.3) is 0 Å². The summed E-state index contributed by atoms with van der Waals surface area (Å²) in [6.07, 6.45) is 4.93. The second-order valence-electron chi connectivity index (χ2n) is 14.2. The number of ether oxygens (including phenoxy) is 3. The molecule has 0 amide bonds. The van der Waals surface area contributed by atoms with Crippen molar-refractivity contribution in [2.45, 2.75) is 57.4 Å². The summed E-state index contributed by atoms with van der Waals surface area (Å²) in [6, 6.07) is 15.2. The van der Waals surface area contributed by atoms with Crippen LogP contribution in [0.1, 0.15) is 40.7 Å². The van der Waals surface area contributed by atoms with E-state index in [1.165, 1.54) is 18.5 Å². The largest absolute Gasteiger partial charge is 0.493 e. The van der Waals surface area contributed by atoms with Crippen LogP contribution in [-0.2, 0) is 39.2 Å². The number of benzene rings is 3. The minimum Gasteiger partial charge on any atom is -0.493 e. The van der Waals surface area contributed by atoms with Crippen LogP contribution >= 0.6 is 11.6 Å². The number of sulfone groups is 1. The van der Waals surface area contributed by atoms with E-state index in [4.69, 9.17) is 25.8 Å². The first kappa shape index (κ1) is 43.4. The topological polar surface area (TPSA) is 205 Å². The molecule has 1 fully saturated rings. The van der Waals surface area contributed by atoms with Gasteiger partial charge in [0.05, 0.1) is 29.7 Å². The van der Waals surface area contributed by atoms with Gasteiger partial charge in [0, 0.05) is 55.5 Å². The van der Waals surface area contributed by atoms with E-state index in [-0.39, 0.29) is 36.3 Å². The van der Waals surface area contributed by atoms with Gasteiger partial charge in [-0.05, 0) is 79.3 Å². The van der Waals surface area contributed by atoms with Gasteiger partial charge >= 0.3 is 11.9 Å². The quantitative estimate of drug-likeness (QED) is 0.0770. The maximum absolute atomic E-state index is 12.1. The van der Waals surface area contributed by atoms with Crippen molar-refractivity contribution in [3.63, 3.8) is 0 Å². The second kappa shape index (κ2) is 19.1. The van der Waals surface area contributed by atoms with Crippen LogP contribution in [0.2, 0.25) is 5.02 Å². The number of aromatic nitrogens is 1. The Morgan fingerprint density at radius 3 is 2.32 bits per heavy atom. The van der Waals surface area contributed by atoms with Crippen LogP contribution in [0.15, 0.2) is 71.9 Å². The molecule has 1 aromatic heterocycles. The number of halogens is 1. The van der Waals surface area contributed by atoms with E-state index in [0.717, 1.165) is 39.8 Å². The van der Waals surface area contributed by atoms with Crippen LogP contribution < -0.4 is 19.5 Å².